The first-order valence-corrected chi connectivity index (χ1v) is 11.8. The fourth-order valence-electron chi connectivity index (χ4n) is 4.19. The molecule has 0 amide bonds. The second-order valence-corrected chi connectivity index (χ2v) is 9.42. The van der Waals surface area contributed by atoms with E-state index in [0.717, 1.165) is 16.3 Å². The predicted molar refractivity (Wildman–Crippen MR) is 136 cm³/mol. The summed E-state index contributed by atoms with van der Waals surface area (Å²) in [5.74, 6) is -0.844. The number of aromatic nitrogens is 2. The van der Waals surface area contributed by atoms with Gasteiger partial charge in [-0.1, -0.05) is 42.5 Å². The van der Waals surface area contributed by atoms with Gasteiger partial charge in [0.1, 0.15) is 5.60 Å². The second kappa shape index (κ2) is 9.78. The van der Waals surface area contributed by atoms with Gasteiger partial charge in [-0.25, -0.2) is 9.59 Å². The third-order valence-corrected chi connectivity index (χ3v) is 5.71. The normalized spacial score (nSPS) is 11.7. The predicted octanol–water partition coefficient (Wildman–Crippen LogP) is 4.91. The lowest BCUT2D eigenvalue weighted by Crippen LogP contribution is -2.26. The van der Waals surface area contributed by atoms with Gasteiger partial charge in [0.2, 0.25) is 0 Å². The van der Waals surface area contributed by atoms with Gasteiger partial charge >= 0.3 is 17.6 Å². The third kappa shape index (κ3) is 5.29. The zero-order valence-corrected chi connectivity index (χ0v) is 20.5. The van der Waals surface area contributed by atoms with Gasteiger partial charge in [0.25, 0.3) is 0 Å². The van der Waals surface area contributed by atoms with Crippen molar-refractivity contribution in [3.05, 3.63) is 82.3 Å². The Bertz CT molecular complexity index is 1450. The summed E-state index contributed by atoms with van der Waals surface area (Å²) in [6.07, 6.45) is 0.0534. The van der Waals surface area contributed by atoms with Crippen LogP contribution in [-0.4, -0.2) is 33.3 Å². The lowest BCUT2D eigenvalue weighted by molar-refractivity contribution is -0.143. The van der Waals surface area contributed by atoms with Crippen LogP contribution in [0.1, 0.15) is 50.0 Å². The molecule has 0 aliphatic carbocycles. The summed E-state index contributed by atoms with van der Waals surface area (Å²) in [5, 5.41) is 2.16. The van der Waals surface area contributed by atoms with E-state index in [0.29, 0.717) is 23.1 Å². The lowest BCUT2D eigenvalue weighted by atomic mass is 10.0. The third-order valence-electron chi connectivity index (χ3n) is 5.71. The summed E-state index contributed by atoms with van der Waals surface area (Å²) in [4.78, 5) is 38.3. The maximum Gasteiger partial charge on any atom is 0.338 e. The molecule has 182 valence electrons. The Balaban J connectivity index is 1.80. The molecular formula is C28H30N2O5. The molecule has 1 heterocycles. The van der Waals surface area contributed by atoms with E-state index in [1.54, 1.807) is 50.5 Å². The molecule has 0 fully saturated rings. The summed E-state index contributed by atoms with van der Waals surface area (Å²) >= 11 is 0. The van der Waals surface area contributed by atoms with Crippen LogP contribution in [0, 0.1) is 0 Å². The maximum atomic E-state index is 13.6. The van der Waals surface area contributed by atoms with Crippen molar-refractivity contribution in [1.82, 2.24) is 9.13 Å². The van der Waals surface area contributed by atoms with Crippen molar-refractivity contribution in [2.45, 2.75) is 52.8 Å². The molecular weight excluding hydrogens is 444 g/mol. The van der Waals surface area contributed by atoms with Crippen LogP contribution in [-0.2, 0) is 27.4 Å². The number of hydrogen-bond donors (Lipinski definition) is 0. The summed E-state index contributed by atoms with van der Waals surface area (Å²) in [6, 6.07) is 19.2. The number of ether oxygens (including phenoxy) is 2. The molecule has 0 saturated carbocycles. The Labute approximate surface area is 203 Å². The van der Waals surface area contributed by atoms with Crippen LogP contribution in [0.25, 0.3) is 21.8 Å². The second-order valence-electron chi connectivity index (χ2n) is 9.42. The molecule has 0 radical (unpaired) electrons. The summed E-state index contributed by atoms with van der Waals surface area (Å²) < 4.78 is 13.8. The van der Waals surface area contributed by atoms with Crippen molar-refractivity contribution in [3.8, 4) is 0 Å². The Morgan fingerprint density at radius 3 is 2.40 bits per heavy atom. The highest BCUT2D eigenvalue weighted by atomic mass is 16.6. The largest absolute Gasteiger partial charge is 0.466 e. The maximum absolute atomic E-state index is 13.6. The molecule has 0 spiro atoms. The molecule has 0 bridgehead atoms. The zero-order chi connectivity index (χ0) is 25.2. The number of carbonyl (C=O) groups excluding carboxylic acids is 2. The Morgan fingerprint density at radius 2 is 1.66 bits per heavy atom. The molecule has 0 aliphatic heterocycles. The molecule has 7 nitrogen and oxygen atoms in total. The number of carbonyl (C=O) groups is 2. The van der Waals surface area contributed by atoms with E-state index in [1.165, 1.54) is 4.57 Å². The smallest absolute Gasteiger partial charge is 0.338 e. The first-order valence-electron chi connectivity index (χ1n) is 11.8. The van der Waals surface area contributed by atoms with Crippen LogP contribution in [0.5, 0.6) is 0 Å². The van der Waals surface area contributed by atoms with E-state index in [2.05, 4.69) is 0 Å². The molecule has 4 aromatic rings. The molecule has 1 aromatic heterocycles. The van der Waals surface area contributed by atoms with Crippen LogP contribution >= 0.6 is 0 Å². The molecule has 4 rings (SSSR count). The average molecular weight is 475 g/mol. The number of esters is 2. The highest BCUT2D eigenvalue weighted by Crippen LogP contribution is 2.23. The Hall–Kier alpha value is -3.87. The quantitative estimate of drug-likeness (QED) is 0.356. The number of benzene rings is 3. The highest BCUT2D eigenvalue weighted by Gasteiger charge is 2.21. The molecule has 7 heteroatoms. The Morgan fingerprint density at radius 1 is 0.914 bits per heavy atom. The molecule has 0 unspecified atom stereocenters. The SMILES string of the molecule is CCOC(=O)CCn1c(=O)n(Cc2cccc3ccccc23)c2ccc(C(=O)OC(C)(C)C)cc21. The van der Waals surface area contributed by atoms with Crippen LogP contribution in [0.15, 0.2) is 65.5 Å². The number of aryl methyl sites for hydroxylation is 1. The van der Waals surface area contributed by atoms with Gasteiger partial charge < -0.3 is 9.47 Å². The molecule has 0 saturated heterocycles. The van der Waals surface area contributed by atoms with Crippen molar-refractivity contribution >= 4 is 33.7 Å². The molecule has 0 aliphatic rings. The molecule has 3 aromatic carbocycles. The van der Waals surface area contributed by atoms with E-state index in [1.807, 2.05) is 42.5 Å². The van der Waals surface area contributed by atoms with Crippen LogP contribution in [0.2, 0.25) is 0 Å². The van der Waals surface area contributed by atoms with Gasteiger partial charge in [-0.2, -0.15) is 0 Å². The first-order chi connectivity index (χ1) is 16.7. The monoisotopic (exact) mass is 474 g/mol. The van der Waals surface area contributed by atoms with Crippen molar-refractivity contribution in [2.75, 3.05) is 6.61 Å². The highest BCUT2D eigenvalue weighted by molar-refractivity contribution is 5.94. The first kappa shape index (κ1) is 24.3. The van der Waals surface area contributed by atoms with Crippen molar-refractivity contribution < 1.29 is 19.1 Å². The van der Waals surface area contributed by atoms with Crippen LogP contribution in [0.4, 0.5) is 0 Å². The van der Waals surface area contributed by atoms with Gasteiger partial charge in [-0.15, -0.1) is 0 Å². The van der Waals surface area contributed by atoms with Crippen LogP contribution < -0.4 is 5.69 Å². The number of nitrogens with zero attached hydrogens (tertiary/aromatic N) is 2. The summed E-state index contributed by atoms with van der Waals surface area (Å²) in [7, 11) is 0. The molecule has 0 N–H and O–H groups in total. The minimum Gasteiger partial charge on any atom is -0.466 e. The minimum absolute atomic E-state index is 0.0534. The average Bonchev–Trinajstić information content (AvgIpc) is 3.07. The lowest BCUT2D eigenvalue weighted by Gasteiger charge is -2.19. The van der Waals surface area contributed by atoms with Gasteiger partial charge in [0.05, 0.1) is 36.2 Å². The van der Waals surface area contributed by atoms with Gasteiger partial charge in [-0.3, -0.25) is 13.9 Å². The Kier molecular flexibility index (Phi) is 6.78. The van der Waals surface area contributed by atoms with Gasteiger partial charge in [0, 0.05) is 6.54 Å². The van der Waals surface area contributed by atoms with E-state index in [9.17, 15) is 14.4 Å². The van der Waals surface area contributed by atoms with Gasteiger partial charge in [0.15, 0.2) is 0 Å². The minimum atomic E-state index is -0.643. The standard InChI is InChI=1S/C28H30N2O5/c1-5-34-25(31)15-16-29-24-17-20(26(32)35-28(2,3)4)13-14-23(24)30(27(29)33)18-21-11-8-10-19-9-6-7-12-22(19)21/h6-14,17H,5,15-16,18H2,1-4H3. The van der Waals surface area contributed by atoms with E-state index in [-0.39, 0.29) is 31.2 Å². The van der Waals surface area contributed by atoms with E-state index in [4.69, 9.17) is 9.47 Å². The fraction of sp³-hybridized carbons (Fsp3) is 0.321. The zero-order valence-electron chi connectivity index (χ0n) is 20.5. The topological polar surface area (TPSA) is 79.5 Å². The number of rotatable bonds is 7. The van der Waals surface area contributed by atoms with E-state index >= 15 is 0 Å². The summed E-state index contributed by atoms with van der Waals surface area (Å²) in [5.41, 5.74) is 1.71. The number of hydrogen-bond acceptors (Lipinski definition) is 5. The molecule has 0 atom stereocenters. The van der Waals surface area contributed by atoms with Crippen LogP contribution in [0.3, 0.4) is 0 Å². The van der Waals surface area contributed by atoms with Gasteiger partial charge in [-0.05, 0) is 62.2 Å². The van der Waals surface area contributed by atoms with Crippen molar-refractivity contribution in [3.63, 3.8) is 0 Å². The fourth-order valence-corrected chi connectivity index (χ4v) is 4.19. The molecule has 35 heavy (non-hydrogen) atoms. The number of fused-ring (bicyclic) bond motifs is 2. The number of imidazole rings is 1. The summed E-state index contributed by atoms with van der Waals surface area (Å²) in [6.45, 7) is 7.94. The van der Waals surface area contributed by atoms with E-state index < -0.39 is 11.6 Å². The van der Waals surface area contributed by atoms with Crippen molar-refractivity contribution in [2.24, 2.45) is 0 Å². The van der Waals surface area contributed by atoms with Crippen molar-refractivity contribution in [1.29, 1.82) is 0 Å².